The molecule has 0 fully saturated rings. The lowest BCUT2D eigenvalue weighted by atomic mass is 9.96. The third kappa shape index (κ3) is 4.29. The molecule has 1 aliphatic rings. The van der Waals surface area contributed by atoms with Crippen molar-refractivity contribution in [3.05, 3.63) is 47.2 Å². The summed E-state index contributed by atoms with van der Waals surface area (Å²) in [6.07, 6.45) is 0. The number of hydrogen-bond donors (Lipinski definition) is 2. The fraction of sp³-hybridized carbons (Fsp3) is 0.286. The van der Waals surface area contributed by atoms with Crippen molar-refractivity contribution < 1.29 is 14.3 Å². The number of nitrogens with one attached hydrogen (secondary N) is 2. The van der Waals surface area contributed by atoms with Crippen molar-refractivity contribution in [2.24, 2.45) is 0 Å². The number of alkyl halides is 3. The van der Waals surface area contributed by atoms with E-state index in [1.54, 1.807) is 19.1 Å². The third-order valence-corrected chi connectivity index (χ3v) is 3.32. The lowest BCUT2D eigenvalue weighted by Crippen LogP contribution is -2.45. The summed E-state index contributed by atoms with van der Waals surface area (Å²) in [4.78, 5) is 24.0. The van der Waals surface area contributed by atoms with Crippen LogP contribution in [0.25, 0.3) is 0 Å². The van der Waals surface area contributed by atoms with Gasteiger partial charge in [0.05, 0.1) is 11.6 Å². The molecule has 0 spiro atoms. The minimum atomic E-state index is -1.70. The molecule has 118 valence electrons. The number of benzene rings is 1. The van der Waals surface area contributed by atoms with Crippen molar-refractivity contribution in [1.82, 2.24) is 10.6 Å². The van der Waals surface area contributed by atoms with Crippen molar-refractivity contribution in [2.45, 2.75) is 16.8 Å². The van der Waals surface area contributed by atoms with E-state index in [0.717, 1.165) is 5.56 Å². The minimum absolute atomic E-state index is 0.264. The molecule has 0 aliphatic carbocycles. The first kappa shape index (κ1) is 16.9. The summed E-state index contributed by atoms with van der Waals surface area (Å²) in [5, 5.41) is 5.22. The summed E-state index contributed by atoms with van der Waals surface area (Å²) in [6.45, 7) is 1.23. The fourth-order valence-corrected chi connectivity index (χ4v) is 2.25. The maximum absolute atomic E-state index is 12.3. The largest absolute Gasteiger partial charge is 0.458 e. The molecule has 5 nitrogen and oxygen atoms in total. The van der Waals surface area contributed by atoms with Crippen LogP contribution >= 0.6 is 34.8 Å². The van der Waals surface area contributed by atoms with Gasteiger partial charge >= 0.3 is 12.0 Å². The van der Waals surface area contributed by atoms with Crippen molar-refractivity contribution in [3.8, 4) is 0 Å². The molecule has 1 aliphatic heterocycles. The Balaban J connectivity index is 2.29. The fourth-order valence-electron chi connectivity index (χ4n) is 2.09. The predicted molar refractivity (Wildman–Crippen MR) is 84.8 cm³/mol. The Labute approximate surface area is 142 Å². The van der Waals surface area contributed by atoms with Crippen LogP contribution in [0.3, 0.4) is 0 Å². The van der Waals surface area contributed by atoms with Gasteiger partial charge in [-0.3, -0.25) is 0 Å². The van der Waals surface area contributed by atoms with Gasteiger partial charge in [0.1, 0.15) is 6.61 Å². The third-order valence-electron chi connectivity index (χ3n) is 2.99. The number of halogens is 3. The van der Waals surface area contributed by atoms with E-state index in [1.165, 1.54) is 0 Å². The zero-order valence-corrected chi connectivity index (χ0v) is 13.8. The van der Waals surface area contributed by atoms with E-state index in [4.69, 9.17) is 39.5 Å². The van der Waals surface area contributed by atoms with Gasteiger partial charge in [-0.05, 0) is 12.5 Å². The number of carbonyl (C=O) groups is 2. The van der Waals surface area contributed by atoms with Crippen molar-refractivity contribution in [2.75, 3.05) is 6.61 Å². The van der Waals surface area contributed by atoms with E-state index in [0.29, 0.717) is 5.70 Å². The highest BCUT2D eigenvalue weighted by atomic mass is 35.6. The van der Waals surface area contributed by atoms with Crippen molar-refractivity contribution in [1.29, 1.82) is 0 Å². The van der Waals surface area contributed by atoms with Gasteiger partial charge < -0.3 is 15.4 Å². The Bertz CT molecular complexity index is 612. The van der Waals surface area contributed by atoms with Gasteiger partial charge in [-0.1, -0.05) is 65.1 Å². The number of ether oxygens (including phenoxy) is 1. The second kappa shape index (κ2) is 6.77. The van der Waals surface area contributed by atoms with E-state index in [2.05, 4.69) is 10.6 Å². The van der Waals surface area contributed by atoms with Crippen molar-refractivity contribution >= 4 is 46.8 Å². The topological polar surface area (TPSA) is 67.4 Å². The monoisotopic (exact) mass is 362 g/mol. The Kier molecular flexibility index (Phi) is 5.21. The minimum Gasteiger partial charge on any atom is -0.458 e. The number of urea groups is 1. The second-order valence-electron chi connectivity index (χ2n) is 4.67. The first-order valence-electron chi connectivity index (χ1n) is 6.35. The van der Waals surface area contributed by atoms with Crippen LogP contribution in [0.15, 0.2) is 41.6 Å². The number of carbonyl (C=O) groups excluding carboxylic acids is 2. The number of esters is 1. The Morgan fingerprint density at radius 2 is 1.91 bits per heavy atom. The Morgan fingerprint density at radius 1 is 1.27 bits per heavy atom. The van der Waals surface area contributed by atoms with Gasteiger partial charge in [-0.15, -0.1) is 0 Å². The van der Waals surface area contributed by atoms with Crippen LogP contribution in [0.2, 0.25) is 0 Å². The normalized spacial score (nSPS) is 18.5. The average Bonchev–Trinajstić information content (AvgIpc) is 2.44. The highest BCUT2D eigenvalue weighted by molar-refractivity contribution is 6.67. The molecular weight excluding hydrogens is 351 g/mol. The van der Waals surface area contributed by atoms with Crippen LogP contribution in [0, 0.1) is 0 Å². The summed E-state index contributed by atoms with van der Waals surface area (Å²) >= 11 is 16.7. The maximum atomic E-state index is 12.3. The molecule has 2 amide bonds. The number of amides is 2. The van der Waals surface area contributed by atoms with Crippen LogP contribution in [0.1, 0.15) is 18.5 Å². The van der Waals surface area contributed by atoms with E-state index >= 15 is 0 Å². The van der Waals surface area contributed by atoms with Gasteiger partial charge in [0.15, 0.2) is 0 Å². The zero-order chi connectivity index (χ0) is 16.3. The van der Waals surface area contributed by atoms with Gasteiger partial charge in [0.25, 0.3) is 0 Å². The molecule has 2 rings (SSSR count). The van der Waals surface area contributed by atoms with Gasteiger partial charge in [0.2, 0.25) is 3.79 Å². The predicted octanol–water partition coefficient (Wildman–Crippen LogP) is 3.23. The molecular formula is C14H13Cl3N2O3. The summed E-state index contributed by atoms with van der Waals surface area (Å²) in [6, 6.07) is 8.02. The van der Waals surface area contributed by atoms with Crippen LogP contribution in [0.5, 0.6) is 0 Å². The van der Waals surface area contributed by atoms with Crippen LogP contribution < -0.4 is 10.6 Å². The van der Waals surface area contributed by atoms with Crippen LogP contribution in [-0.2, 0) is 9.53 Å². The quantitative estimate of drug-likeness (QED) is 0.640. The van der Waals surface area contributed by atoms with Crippen LogP contribution in [-0.4, -0.2) is 22.4 Å². The summed E-state index contributed by atoms with van der Waals surface area (Å²) in [5.74, 6) is -0.662. The van der Waals surface area contributed by atoms with E-state index in [9.17, 15) is 9.59 Å². The molecule has 0 saturated carbocycles. The molecule has 2 N–H and O–H groups in total. The first-order chi connectivity index (χ1) is 10.3. The lowest BCUT2D eigenvalue weighted by molar-refractivity contribution is -0.139. The Hall–Kier alpha value is -1.43. The first-order valence-corrected chi connectivity index (χ1v) is 7.48. The number of allylic oxidation sites excluding steroid dienone is 1. The smallest absolute Gasteiger partial charge is 0.338 e. The molecule has 1 aromatic carbocycles. The van der Waals surface area contributed by atoms with E-state index in [-0.39, 0.29) is 12.2 Å². The molecule has 1 heterocycles. The van der Waals surface area contributed by atoms with E-state index < -0.39 is 21.8 Å². The number of hydrogen-bond acceptors (Lipinski definition) is 3. The zero-order valence-electron chi connectivity index (χ0n) is 11.5. The molecule has 0 saturated heterocycles. The van der Waals surface area contributed by atoms with Crippen LogP contribution in [0.4, 0.5) is 4.79 Å². The summed E-state index contributed by atoms with van der Waals surface area (Å²) < 4.78 is 3.32. The molecule has 8 heteroatoms. The SMILES string of the molecule is CC1=C(C(=O)OCC(Cl)(Cl)Cl)[C@H](c2ccccc2)NC(=O)N1. The molecule has 1 atom stereocenters. The second-order valence-corrected chi connectivity index (χ2v) is 7.19. The highest BCUT2D eigenvalue weighted by Gasteiger charge is 2.33. The molecule has 0 unspecified atom stereocenters. The molecule has 0 radical (unpaired) electrons. The highest BCUT2D eigenvalue weighted by Crippen LogP contribution is 2.30. The average molecular weight is 364 g/mol. The lowest BCUT2D eigenvalue weighted by Gasteiger charge is -2.28. The maximum Gasteiger partial charge on any atom is 0.338 e. The van der Waals surface area contributed by atoms with Gasteiger partial charge in [-0.25, -0.2) is 9.59 Å². The van der Waals surface area contributed by atoms with Gasteiger partial charge in [-0.2, -0.15) is 0 Å². The van der Waals surface area contributed by atoms with E-state index in [1.807, 2.05) is 18.2 Å². The summed E-state index contributed by atoms with van der Waals surface area (Å²) in [7, 11) is 0. The van der Waals surface area contributed by atoms with Crippen molar-refractivity contribution in [3.63, 3.8) is 0 Å². The number of rotatable bonds is 3. The molecule has 22 heavy (non-hydrogen) atoms. The van der Waals surface area contributed by atoms with Gasteiger partial charge in [0, 0.05) is 5.70 Å². The molecule has 0 aromatic heterocycles. The molecule has 0 bridgehead atoms. The summed E-state index contributed by atoms with van der Waals surface area (Å²) in [5.41, 5.74) is 1.41. The standard InChI is InChI=1S/C14H13Cl3N2O3/c1-8-10(12(20)22-7-14(15,16)17)11(19-13(21)18-8)9-5-3-2-4-6-9/h2-6,11H,7H2,1H3,(H2,18,19,21)/t11-/m0/s1. The molecule has 1 aromatic rings. The Morgan fingerprint density at radius 3 is 2.50 bits per heavy atom.